The third kappa shape index (κ3) is 1.05. The Morgan fingerprint density at radius 2 is 1.69 bits per heavy atom. The summed E-state index contributed by atoms with van der Waals surface area (Å²) in [6, 6.07) is 2.03. The molecule has 1 N–H and O–H groups in total. The first kappa shape index (κ1) is 10.1. The van der Waals surface area contributed by atoms with Crippen molar-refractivity contribution >= 4 is 0 Å². The minimum atomic E-state index is -1.49. The van der Waals surface area contributed by atoms with E-state index in [-0.39, 0.29) is 17.4 Å². The van der Waals surface area contributed by atoms with Gasteiger partial charge in [0.25, 0.3) is 0 Å². The average molecular weight is 228 g/mol. The lowest BCUT2D eigenvalue weighted by atomic mass is 9.98. The van der Waals surface area contributed by atoms with Gasteiger partial charge in [-0.25, -0.2) is 13.2 Å². The molecule has 2 fully saturated rings. The Morgan fingerprint density at radius 1 is 1.06 bits per heavy atom. The van der Waals surface area contributed by atoms with Crippen LogP contribution in [0.4, 0.5) is 13.2 Å². The first-order valence-electron chi connectivity index (χ1n) is 5.43. The van der Waals surface area contributed by atoms with E-state index in [4.69, 9.17) is 0 Å². The summed E-state index contributed by atoms with van der Waals surface area (Å²) in [5.74, 6) is -3.90. The van der Waals surface area contributed by atoms with Gasteiger partial charge in [-0.15, -0.1) is 0 Å². The molecule has 2 atom stereocenters. The molecular formula is C12H11F3O. The van der Waals surface area contributed by atoms with E-state index in [0.717, 1.165) is 31.4 Å². The second kappa shape index (κ2) is 3.00. The lowest BCUT2D eigenvalue weighted by Crippen LogP contribution is -2.16. The molecule has 1 aromatic carbocycles. The molecule has 2 aliphatic rings. The van der Waals surface area contributed by atoms with Gasteiger partial charge in [0.05, 0.1) is 5.60 Å². The summed E-state index contributed by atoms with van der Waals surface area (Å²) in [6.45, 7) is 0. The highest BCUT2D eigenvalue weighted by Crippen LogP contribution is 2.66. The molecule has 0 amide bonds. The first-order chi connectivity index (χ1) is 7.56. The van der Waals surface area contributed by atoms with Crippen LogP contribution in [-0.4, -0.2) is 5.11 Å². The van der Waals surface area contributed by atoms with Gasteiger partial charge in [0.1, 0.15) is 0 Å². The van der Waals surface area contributed by atoms with Crippen LogP contribution in [0.15, 0.2) is 12.1 Å². The number of rotatable bonds is 1. The second-order valence-corrected chi connectivity index (χ2v) is 4.69. The van der Waals surface area contributed by atoms with Crippen molar-refractivity contribution in [2.24, 2.45) is 11.8 Å². The van der Waals surface area contributed by atoms with Crippen molar-refractivity contribution in [3.8, 4) is 0 Å². The molecule has 0 radical (unpaired) electrons. The fourth-order valence-corrected chi connectivity index (χ4v) is 3.16. The highest BCUT2D eigenvalue weighted by molar-refractivity contribution is 5.35. The van der Waals surface area contributed by atoms with Crippen LogP contribution in [0.1, 0.15) is 24.8 Å². The van der Waals surface area contributed by atoms with Crippen LogP contribution in [-0.2, 0) is 5.60 Å². The molecule has 4 heteroatoms. The number of halogens is 3. The highest BCUT2D eigenvalue weighted by atomic mass is 19.2. The van der Waals surface area contributed by atoms with Gasteiger partial charge < -0.3 is 5.11 Å². The molecule has 0 bridgehead atoms. The van der Waals surface area contributed by atoms with E-state index in [1.54, 1.807) is 0 Å². The largest absolute Gasteiger partial charge is 0.384 e. The van der Waals surface area contributed by atoms with Crippen molar-refractivity contribution in [1.29, 1.82) is 0 Å². The quantitative estimate of drug-likeness (QED) is 0.733. The van der Waals surface area contributed by atoms with Crippen LogP contribution in [0.25, 0.3) is 0 Å². The summed E-state index contributed by atoms with van der Waals surface area (Å²) in [7, 11) is 0. The Kier molecular flexibility index (Phi) is 1.90. The minimum absolute atomic E-state index is 0.0202. The Morgan fingerprint density at radius 3 is 2.31 bits per heavy atom. The molecule has 1 aromatic rings. The zero-order valence-corrected chi connectivity index (χ0v) is 8.51. The average Bonchev–Trinajstić information content (AvgIpc) is 2.69. The fraction of sp³-hybridized carbons (Fsp3) is 0.500. The molecule has 0 aliphatic heterocycles. The van der Waals surface area contributed by atoms with Crippen molar-refractivity contribution in [3.05, 3.63) is 35.1 Å². The maximum absolute atomic E-state index is 13.5. The molecule has 0 heterocycles. The SMILES string of the molecule is OC1(c2ccc(F)c(F)c2F)C2CCCC21. The van der Waals surface area contributed by atoms with Crippen molar-refractivity contribution in [2.75, 3.05) is 0 Å². The zero-order valence-electron chi connectivity index (χ0n) is 8.51. The van der Waals surface area contributed by atoms with Crippen molar-refractivity contribution in [3.63, 3.8) is 0 Å². The van der Waals surface area contributed by atoms with E-state index in [0.29, 0.717) is 0 Å². The van der Waals surface area contributed by atoms with Gasteiger partial charge in [-0.2, -0.15) is 0 Å². The molecule has 0 aromatic heterocycles. The van der Waals surface area contributed by atoms with Crippen LogP contribution >= 0.6 is 0 Å². The van der Waals surface area contributed by atoms with Crippen molar-refractivity contribution < 1.29 is 18.3 Å². The Hall–Kier alpha value is -1.03. The van der Waals surface area contributed by atoms with Crippen LogP contribution in [0.3, 0.4) is 0 Å². The molecule has 0 saturated heterocycles. The van der Waals surface area contributed by atoms with E-state index in [1.807, 2.05) is 0 Å². The van der Waals surface area contributed by atoms with Gasteiger partial charge in [0.2, 0.25) is 0 Å². The molecule has 3 rings (SSSR count). The third-order valence-electron chi connectivity index (χ3n) is 4.00. The standard InChI is InChI=1S/C12H11F3O/c13-9-5-4-8(10(14)11(9)15)12(16)6-2-1-3-7(6)12/h4-7,16H,1-3H2. The predicted octanol–water partition coefficient (Wildman–Crippen LogP) is 2.72. The van der Waals surface area contributed by atoms with E-state index in [2.05, 4.69) is 0 Å². The van der Waals surface area contributed by atoms with Gasteiger partial charge in [-0.3, -0.25) is 0 Å². The molecule has 2 saturated carbocycles. The normalized spacial score (nSPS) is 36.2. The monoisotopic (exact) mass is 228 g/mol. The topological polar surface area (TPSA) is 20.2 Å². The van der Waals surface area contributed by atoms with Crippen molar-refractivity contribution in [1.82, 2.24) is 0 Å². The smallest absolute Gasteiger partial charge is 0.194 e. The van der Waals surface area contributed by atoms with Crippen LogP contribution in [0.5, 0.6) is 0 Å². The van der Waals surface area contributed by atoms with Crippen LogP contribution in [0.2, 0.25) is 0 Å². The van der Waals surface area contributed by atoms with Gasteiger partial charge in [0, 0.05) is 5.56 Å². The first-order valence-corrected chi connectivity index (χ1v) is 5.43. The van der Waals surface area contributed by atoms with E-state index < -0.39 is 23.1 Å². The summed E-state index contributed by atoms with van der Waals surface area (Å²) < 4.78 is 39.4. The molecule has 86 valence electrons. The Bertz CT molecular complexity index is 448. The second-order valence-electron chi connectivity index (χ2n) is 4.69. The summed E-state index contributed by atoms with van der Waals surface area (Å²) in [5, 5.41) is 10.2. The number of fused-ring (bicyclic) bond motifs is 1. The Balaban J connectivity index is 2.06. The Labute approximate surface area is 90.9 Å². The molecule has 0 spiro atoms. The summed E-state index contributed by atoms with van der Waals surface area (Å²) in [5.41, 5.74) is -1.34. The minimum Gasteiger partial charge on any atom is -0.384 e. The van der Waals surface area contributed by atoms with Gasteiger partial charge in [-0.05, 0) is 30.7 Å². The number of benzene rings is 1. The summed E-state index contributed by atoms with van der Waals surface area (Å²) in [6.07, 6.45) is 2.68. The predicted molar refractivity (Wildman–Crippen MR) is 51.0 cm³/mol. The van der Waals surface area contributed by atoms with Crippen LogP contribution in [0, 0.1) is 29.3 Å². The van der Waals surface area contributed by atoms with E-state index in [1.165, 1.54) is 0 Å². The van der Waals surface area contributed by atoms with Gasteiger partial charge in [-0.1, -0.05) is 12.5 Å². The lowest BCUT2D eigenvalue weighted by molar-refractivity contribution is 0.1000. The lowest BCUT2D eigenvalue weighted by Gasteiger charge is -2.15. The summed E-state index contributed by atoms with van der Waals surface area (Å²) in [4.78, 5) is 0. The van der Waals surface area contributed by atoms with E-state index >= 15 is 0 Å². The highest BCUT2D eigenvalue weighted by Gasteiger charge is 2.67. The molecule has 2 aliphatic carbocycles. The molecule has 1 nitrogen and oxygen atoms in total. The maximum atomic E-state index is 13.5. The molecular weight excluding hydrogens is 217 g/mol. The molecule has 16 heavy (non-hydrogen) atoms. The van der Waals surface area contributed by atoms with Gasteiger partial charge >= 0.3 is 0 Å². The van der Waals surface area contributed by atoms with Crippen LogP contribution < -0.4 is 0 Å². The molecule has 2 unspecified atom stereocenters. The zero-order chi connectivity index (χ0) is 11.5. The number of hydrogen-bond donors (Lipinski definition) is 1. The van der Waals surface area contributed by atoms with Crippen molar-refractivity contribution in [2.45, 2.75) is 24.9 Å². The summed E-state index contributed by atoms with van der Waals surface area (Å²) >= 11 is 0. The number of hydrogen-bond acceptors (Lipinski definition) is 1. The number of aliphatic hydroxyl groups is 1. The van der Waals surface area contributed by atoms with E-state index in [9.17, 15) is 18.3 Å². The third-order valence-corrected chi connectivity index (χ3v) is 4.00. The maximum Gasteiger partial charge on any atom is 0.194 e. The van der Waals surface area contributed by atoms with Gasteiger partial charge in [0.15, 0.2) is 17.5 Å². The fourth-order valence-electron chi connectivity index (χ4n) is 3.16.